The highest BCUT2D eigenvalue weighted by molar-refractivity contribution is 7.90. The van der Waals surface area contributed by atoms with Crippen LogP contribution in [0.3, 0.4) is 0 Å². The van der Waals surface area contributed by atoms with Crippen molar-refractivity contribution in [2.45, 2.75) is 56.2 Å². The summed E-state index contributed by atoms with van der Waals surface area (Å²) in [7, 11) is -3.09. The molecule has 2 aliphatic carbocycles. The smallest absolute Gasteiger partial charge is 0.214 e. The Morgan fingerprint density at radius 2 is 1.75 bits per heavy atom. The number of nitrogens with two attached hydrogens (primary N) is 1. The van der Waals surface area contributed by atoms with E-state index >= 15 is 0 Å². The topological polar surface area (TPSA) is 72.2 Å². The van der Waals surface area contributed by atoms with Crippen molar-refractivity contribution in [1.29, 1.82) is 0 Å². The Morgan fingerprint density at radius 3 is 2.38 bits per heavy atom. The molecule has 5 heteroatoms. The van der Waals surface area contributed by atoms with E-state index in [4.69, 9.17) is 5.73 Å². The lowest BCUT2D eigenvalue weighted by Gasteiger charge is -2.21. The maximum atomic E-state index is 12.1. The highest BCUT2D eigenvalue weighted by Gasteiger charge is 2.34. The SMILES string of the molecule is NCC1CCCC1NS(=O)(=O)C1CCCC1. The molecule has 0 aromatic carbocycles. The molecular weight excluding hydrogens is 224 g/mol. The number of rotatable bonds is 4. The third-order valence-corrected chi connectivity index (χ3v) is 6.00. The molecule has 0 radical (unpaired) electrons. The number of hydrogen-bond donors (Lipinski definition) is 2. The first-order valence-corrected chi connectivity index (χ1v) is 7.89. The van der Waals surface area contributed by atoms with E-state index in [1.807, 2.05) is 0 Å². The van der Waals surface area contributed by atoms with Gasteiger partial charge in [0.25, 0.3) is 0 Å². The van der Waals surface area contributed by atoms with Crippen molar-refractivity contribution >= 4 is 10.0 Å². The highest BCUT2D eigenvalue weighted by Crippen LogP contribution is 2.28. The molecule has 0 aromatic heterocycles. The lowest BCUT2D eigenvalue weighted by molar-refractivity contribution is 0.449. The number of sulfonamides is 1. The summed E-state index contributed by atoms with van der Waals surface area (Å²) in [5, 5.41) is -0.147. The van der Waals surface area contributed by atoms with Gasteiger partial charge in [0, 0.05) is 6.04 Å². The molecule has 2 saturated carbocycles. The van der Waals surface area contributed by atoms with Crippen molar-refractivity contribution < 1.29 is 8.42 Å². The van der Waals surface area contributed by atoms with Gasteiger partial charge in [-0.3, -0.25) is 0 Å². The van der Waals surface area contributed by atoms with Crippen LogP contribution in [-0.4, -0.2) is 26.3 Å². The maximum Gasteiger partial charge on any atom is 0.214 e. The van der Waals surface area contributed by atoms with E-state index in [9.17, 15) is 8.42 Å². The maximum absolute atomic E-state index is 12.1. The second-order valence-corrected chi connectivity index (χ2v) is 7.09. The van der Waals surface area contributed by atoms with E-state index < -0.39 is 10.0 Å². The van der Waals surface area contributed by atoms with Gasteiger partial charge in [-0.25, -0.2) is 13.1 Å². The molecule has 2 aliphatic rings. The third kappa shape index (κ3) is 2.57. The fraction of sp³-hybridized carbons (Fsp3) is 1.00. The predicted molar refractivity (Wildman–Crippen MR) is 64.5 cm³/mol. The largest absolute Gasteiger partial charge is 0.330 e. The molecule has 0 aliphatic heterocycles. The highest BCUT2D eigenvalue weighted by atomic mass is 32.2. The average Bonchev–Trinajstić information content (AvgIpc) is 2.86. The van der Waals surface area contributed by atoms with E-state index in [0.29, 0.717) is 12.5 Å². The van der Waals surface area contributed by atoms with E-state index in [0.717, 1.165) is 44.9 Å². The zero-order chi connectivity index (χ0) is 11.6. The normalized spacial score (nSPS) is 32.3. The van der Waals surface area contributed by atoms with Crippen LogP contribution in [0.15, 0.2) is 0 Å². The van der Waals surface area contributed by atoms with E-state index in [2.05, 4.69) is 4.72 Å². The monoisotopic (exact) mass is 246 g/mol. The Hall–Kier alpha value is -0.130. The summed E-state index contributed by atoms with van der Waals surface area (Å²) in [5.74, 6) is 0.344. The first-order valence-electron chi connectivity index (χ1n) is 6.34. The molecule has 0 aromatic rings. The van der Waals surface area contributed by atoms with E-state index in [1.54, 1.807) is 0 Å². The zero-order valence-corrected chi connectivity index (χ0v) is 10.5. The molecule has 0 spiro atoms. The standard InChI is InChI=1S/C11H22N2O2S/c12-8-9-4-3-7-11(9)13-16(14,15)10-5-1-2-6-10/h9-11,13H,1-8,12H2. The summed E-state index contributed by atoms with van der Waals surface area (Å²) in [4.78, 5) is 0. The molecule has 16 heavy (non-hydrogen) atoms. The molecule has 2 fully saturated rings. The fourth-order valence-corrected chi connectivity index (χ4v) is 4.86. The van der Waals surface area contributed by atoms with Crippen LogP contribution < -0.4 is 10.5 Å². The molecule has 0 amide bonds. The van der Waals surface area contributed by atoms with Gasteiger partial charge in [0.05, 0.1) is 5.25 Å². The molecule has 0 saturated heterocycles. The van der Waals surface area contributed by atoms with Crippen LogP contribution >= 0.6 is 0 Å². The summed E-state index contributed by atoms with van der Waals surface area (Å²) < 4.78 is 27.1. The number of nitrogens with one attached hydrogen (secondary N) is 1. The summed E-state index contributed by atoms with van der Waals surface area (Å²) in [6.45, 7) is 0.595. The molecule has 3 N–H and O–H groups in total. The van der Waals surface area contributed by atoms with Gasteiger partial charge < -0.3 is 5.73 Å². The van der Waals surface area contributed by atoms with Gasteiger partial charge in [0.1, 0.15) is 0 Å². The van der Waals surface area contributed by atoms with Crippen LogP contribution in [0, 0.1) is 5.92 Å². The third-order valence-electron chi connectivity index (χ3n) is 4.02. The Morgan fingerprint density at radius 1 is 1.06 bits per heavy atom. The van der Waals surface area contributed by atoms with E-state index in [-0.39, 0.29) is 11.3 Å². The van der Waals surface area contributed by atoms with Gasteiger partial charge in [0.2, 0.25) is 10.0 Å². The van der Waals surface area contributed by atoms with Gasteiger partial charge in [-0.2, -0.15) is 0 Å². The van der Waals surface area contributed by atoms with Gasteiger partial charge in [-0.15, -0.1) is 0 Å². The molecule has 0 heterocycles. The molecule has 0 bridgehead atoms. The minimum Gasteiger partial charge on any atom is -0.330 e. The molecule has 94 valence electrons. The van der Waals surface area contributed by atoms with Crippen molar-refractivity contribution in [3.05, 3.63) is 0 Å². The Balaban J connectivity index is 1.97. The molecule has 2 unspecified atom stereocenters. The first-order chi connectivity index (χ1) is 7.63. The molecule has 4 nitrogen and oxygen atoms in total. The van der Waals surface area contributed by atoms with Crippen LogP contribution in [0.4, 0.5) is 0 Å². The van der Waals surface area contributed by atoms with Gasteiger partial charge >= 0.3 is 0 Å². The van der Waals surface area contributed by atoms with Crippen molar-refractivity contribution in [2.75, 3.05) is 6.54 Å². The minimum absolute atomic E-state index is 0.0931. The van der Waals surface area contributed by atoms with E-state index in [1.165, 1.54) is 0 Å². The van der Waals surface area contributed by atoms with Crippen molar-refractivity contribution in [1.82, 2.24) is 4.72 Å². The van der Waals surface area contributed by atoms with Gasteiger partial charge in [-0.05, 0) is 38.1 Å². The van der Waals surface area contributed by atoms with Crippen LogP contribution in [0.25, 0.3) is 0 Å². The first kappa shape index (κ1) is 12.3. The van der Waals surface area contributed by atoms with Crippen LogP contribution in [0.2, 0.25) is 0 Å². The Bertz CT molecular complexity index is 323. The lowest BCUT2D eigenvalue weighted by Crippen LogP contribution is -2.43. The second-order valence-electron chi connectivity index (χ2n) is 5.10. The predicted octanol–water partition coefficient (Wildman–Crippen LogP) is 0.976. The Kier molecular flexibility index (Phi) is 3.87. The molecular formula is C11H22N2O2S. The Labute approximate surface area is 98.0 Å². The summed E-state index contributed by atoms with van der Waals surface area (Å²) in [6, 6.07) is 0.0931. The summed E-state index contributed by atoms with van der Waals surface area (Å²) in [6.07, 6.45) is 6.87. The summed E-state index contributed by atoms with van der Waals surface area (Å²) in [5.41, 5.74) is 5.66. The fourth-order valence-electron chi connectivity index (χ4n) is 2.98. The molecule has 2 rings (SSSR count). The quantitative estimate of drug-likeness (QED) is 0.776. The number of hydrogen-bond acceptors (Lipinski definition) is 3. The van der Waals surface area contributed by atoms with Crippen LogP contribution in [-0.2, 0) is 10.0 Å². The van der Waals surface area contributed by atoms with Gasteiger partial charge in [0.15, 0.2) is 0 Å². The van der Waals surface area contributed by atoms with Crippen molar-refractivity contribution in [2.24, 2.45) is 11.7 Å². The van der Waals surface area contributed by atoms with Gasteiger partial charge in [-0.1, -0.05) is 19.3 Å². The lowest BCUT2D eigenvalue weighted by atomic mass is 10.1. The average molecular weight is 246 g/mol. The summed E-state index contributed by atoms with van der Waals surface area (Å²) >= 11 is 0. The zero-order valence-electron chi connectivity index (χ0n) is 9.69. The second kappa shape index (κ2) is 5.02. The van der Waals surface area contributed by atoms with Crippen LogP contribution in [0.1, 0.15) is 44.9 Å². The van der Waals surface area contributed by atoms with Crippen molar-refractivity contribution in [3.8, 4) is 0 Å². The van der Waals surface area contributed by atoms with Crippen molar-refractivity contribution in [3.63, 3.8) is 0 Å². The minimum atomic E-state index is -3.09. The van der Waals surface area contributed by atoms with Crippen LogP contribution in [0.5, 0.6) is 0 Å². The molecule has 2 atom stereocenters.